The summed E-state index contributed by atoms with van der Waals surface area (Å²) in [5.41, 5.74) is -0.263. The summed E-state index contributed by atoms with van der Waals surface area (Å²) in [6, 6.07) is 2.80. The molecule has 0 atom stereocenters. The van der Waals surface area contributed by atoms with Gasteiger partial charge < -0.3 is 15.5 Å². The summed E-state index contributed by atoms with van der Waals surface area (Å²) >= 11 is 0. The predicted molar refractivity (Wildman–Crippen MR) is 95.9 cm³/mol. The van der Waals surface area contributed by atoms with Crippen LogP contribution in [0.1, 0.15) is 43.5 Å². The van der Waals surface area contributed by atoms with E-state index < -0.39 is 17.5 Å². The number of hydrogen-bond donors (Lipinski definition) is 2. The summed E-state index contributed by atoms with van der Waals surface area (Å²) in [4.78, 5) is 37.8. The van der Waals surface area contributed by atoms with Gasteiger partial charge in [-0.1, -0.05) is 0 Å². The first-order chi connectivity index (χ1) is 12.8. The van der Waals surface area contributed by atoms with E-state index in [0.29, 0.717) is 32.0 Å². The third-order valence-electron chi connectivity index (χ3n) is 4.45. The van der Waals surface area contributed by atoms with E-state index >= 15 is 0 Å². The van der Waals surface area contributed by atoms with Gasteiger partial charge in [0, 0.05) is 44.1 Å². The first kappa shape index (κ1) is 20.8. The van der Waals surface area contributed by atoms with Gasteiger partial charge in [0.05, 0.1) is 5.56 Å². The normalized spacial score (nSPS) is 14.9. The second kappa shape index (κ2) is 9.43. The summed E-state index contributed by atoms with van der Waals surface area (Å²) in [7, 11) is 0. The summed E-state index contributed by atoms with van der Waals surface area (Å²) in [5, 5.41) is 5.35. The standard InChI is InChI=1S/C19H25F2N3O3/c1-12(2)23-18(26)13-6-9-24(10-7-13)17(25)5-8-22-19(27)15-4-3-14(20)11-16(15)21/h3-4,11-13H,5-10H2,1-2H3,(H,22,27)(H,23,26). The predicted octanol–water partition coefficient (Wildman–Crippen LogP) is 1.85. The van der Waals surface area contributed by atoms with Gasteiger partial charge in [0.25, 0.3) is 5.91 Å². The lowest BCUT2D eigenvalue weighted by atomic mass is 9.95. The number of hydrogen-bond acceptors (Lipinski definition) is 3. The van der Waals surface area contributed by atoms with E-state index in [4.69, 9.17) is 0 Å². The molecule has 6 nitrogen and oxygen atoms in total. The fourth-order valence-corrected chi connectivity index (χ4v) is 3.00. The zero-order chi connectivity index (χ0) is 20.0. The highest BCUT2D eigenvalue weighted by Gasteiger charge is 2.27. The maximum absolute atomic E-state index is 13.5. The van der Waals surface area contributed by atoms with Gasteiger partial charge in [-0.3, -0.25) is 14.4 Å². The Morgan fingerprint density at radius 1 is 1.19 bits per heavy atom. The number of piperidine rings is 1. The van der Waals surface area contributed by atoms with E-state index in [0.717, 1.165) is 12.1 Å². The Morgan fingerprint density at radius 3 is 2.44 bits per heavy atom. The highest BCUT2D eigenvalue weighted by Crippen LogP contribution is 2.18. The molecule has 2 rings (SSSR count). The van der Waals surface area contributed by atoms with Gasteiger partial charge in [-0.2, -0.15) is 0 Å². The zero-order valence-corrected chi connectivity index (χ0v) is 15.6. The lowest BCUT2D eigenvalue weighted by Crippen LogP contribution is -2.44. The van der Waals surface area contributed by atoms with Crippen molar-refractivity contribution in [3.05, 3.63) is 35.4 Å². The zero-order valence-electron chi connectivity index (χ0n) is 15.6. The number of likely N-dealkylation sites (tertiary alicyclic amines) is 1. The monoisotopic (exact) mass is 381 g/mol. The van der Waals surface area contributed by atoms with Crippen molar-refractivity contribution in [2.24, 2.45) is 5.92 Å². The van der Waals surface area contributed by atoms with Crippen LogP contribution in [0.5, 0.6) is 0 Å². The van der Waals surface area contributed by atoms with E-state index in [1.54, 1.807) is 4.90 Å². The lowest BCUT2D eigenvalue weighted by molar-refractivity contribution is -0.135. The smallest absolute Gasteiger partial charge is 0.254 e. The van der Waals surface area contributed by atoms with Crippen molar-refractivity contribution >= 4 is 17.7 Å². The molecular weight excluding hydrogens is 356 g/mol. The Kier molecular flexibility index (Phi) is 7.27. The SMILES string of the molecule is CC(C)NC(=O)C1CCN(C(=O)CCNC(=O)c2ccc(F)cc2F)CC1. The van der Waals surface area contributed by atoms with E-state index in [-0.39, 0.29) is 42.3 Å². The Bertz CT molecular complexity index is 701. The Morgan fingerprint density at radius 2 is 1.85 bits per heavy atom. The third kappa shape index (κ3) is 6.01. The summed E-state index contributed by atoms with van der Waals surface area (Å²) in [6.45, 7) is 4.86. The van der Waals surface area contributed by atoms with Crippen molar-refractivity contribution < 1.29 is 23.2 Å². The van der Waals surface area contributed by atoms with E-state index in [1.807, 2.05) is 13.8 Å². The van der Waals surface area contributed by atoms with Crippen LogP contribution in [0.15, 0.2) is 18.2 Å². The van der Waals surface area contributed by atoms with Crippen molar-refractivity contribution in [1.29, 1.82) is 0 Å². The molecule has 27 heavy (non-hydrogen) atoms. The number of carbonyl (C=O) groups excluding carboxylic acids is 3. The van der Waals surface area contributed by atoms with E-state index in [1.165, 1.54) is 0 Å². The molecule has 1 saturated heterocycles. The van der Waals surface area contributed by atoms with Crippen LogP contribution in [0, 0.1) is 17.6 Å². The second-order valence-corrected chi connectivity index (χ2v) is 6.95. The summed E-state index contributed by atoms with van der Waals surface area (Å²) in [5.74, 6) is -2.59. The summed E-state index contributed by atoms with van der Waals surface area (Å²) < 4.78 is 26.4. The van der Waals surface area contributed by atoms with Crippen LogP contribution < -0.4 is 10.6 Å². The number of benzene rings is 1. The number of nitrogens with zero attached hydrogens (tertiary/aromatic N) is 1. The molecule has 1 aromatic rings. The molecule has 0 saturated carbocycles. The molecule has 0 unspecified atom stereocenters. The fourth-order valence-electron chi connectivity index (χ4n) is 3.00. The molecule has 1 fully saturated rings. The molecule has 3 amide bonds. The topological polar surface area (TPSA) is 78.5 Å². The van der Waals surface area contributed by atoms with Crippen molar-refractivity contribution in [3.8, 4) is 0 Å². The van der Waals surface area contributed by atoms with Gasteiger partial charge in [0.2, 0.25) is 11.8 Å². The minimum atomic E-state index is -0.944. The molecular formula is C19H25F2N3O3. The number of halogens is 2. The number of carbonyl (C=O) groups is 3. The van der Waals surface area contributed by atoms with Crippen LogP contribution in [0.4, 0.5) is 8.78 Å². The fraction of sp³-hybridized carbons (Fsp3) is 0.526. The third-order valence-corrected chi connectivity index (χ3v) is 4.45. The molecule has 0 spiro atoms. The molecule has 2 N–H and O–H groups in total. The van der Waals surface area contributed by atoms with Gasteiger partial charge in [-0.25, -0.2) is 8.78 Å². The molecule has 1 heterocycles. The molecule has 1 aliphatic heterocycles. The first-order valence-electron chi connectivity index (χ1n) is 9.09. The van der Waals surface area contributed by atoms with Crippen LogP contribution in [0.2, 0.25) is 0 Å². The van der Waals surface area contributed by atoms with Crippen LogP contribution in [-0.2, 0) is 9.59 Å². The van der Waals surface area contributed by atoms with Crippen molar-refractivity contribution in [1.82, 2.24) is 15.5 Å². The molecule has 8 heteroatoms. The Hall–Kier alpha value is -2.51. The molecule has 0 bridgehead atoms. The highest BCUT2D eigenvalue weighted by atomic mass is 19.1. The minimum Gasteiger partial charge on any atom is -0.354 e. The maximum Gasteiger partial charge on any atom is 0.254 e. The van der Waals surface area contributed by atoms with Crippen LogP contribution in [0.25, 0.3) is 0 Å². The van der Waals surface area contributed by atoms with Crippen molar-refractivity contribution in [3.63, 3.8) is 0 Å². The highest BCUT2D eigenvalue weighted by molar-refractivity contribution is 5.94. The average Bonchev–Trinajstić information content (AvgIpc) is 2.61. The first-order valence-corrected chi connectivity index (χ1v) is 9.09. The molecule has 1 aliphatic rings. The summed E-state index contributed by atoms with van der Waals surface area (Å²) in [6.07, 6.45) is 1.30. The molecule has 148 valence electrons. The second-order valence-electron chi connectivity index (χ2n) is 6.95. The van der Waals surface area contributed by atoms with Gasteiger partial charge in [0.15, 0.2) is 0 Å². The average molecular weight is 381 g/mol. The van der Waals surface area contributed by atoms with Crippen LogP contribution in [0.3, 0.4) is 0 Å². The van der Waals surface area contributed by atoms with Gasteiger partial charge in [-0.15, -0.1) is 0 Å². The van der Waals surface area contributed by atoms with Crippen molar-refractivity contribution in [2.75, 3.05) is 19.6 Å². The van der Waals surface area contributed by atoms with Crippen LogP contribution >= 0.6 is 0 Å². The minimum absolute atomic E-state index is 0.0192. The van der Waals surface area contributed by atoms with Gasteiger partial charge >= 0.3 is 0 Å². The van der Waals surface area contributed by atoms with Gasteiger partial charge in [-0.05, 0) is 38.8 Å². The number of rotatable bonds is 6. The number of amides is 3. The molecule has 0 aliphatic carbocycles. The van der Waals surface area contributed by atoms with Crippen molar-refractivity contribution in [2.45, 2.75) is 39.2 Å². The lowest BCUT2D eigenvalue weighted by Gasteiger charge is -2.31. The molecule has 0 radical (unpaired) electrons. The largest absolute Gasteiger partial charge is 0.354 e. The molecule has 1 aromatic carbocycles. The van der Waals surface area contributed by atoms with E-state index in [2.05, 4.69) is 10.6 Å². The van der Waals surface area contributed by atoms with Crippen LogP contribution in [-0.4, -0.2) is 48.3 Å². The number of nitrogens with one attached hydrogen (secondary N) is 2. The van der Waals surface area contributed by atoms with Gasteiger partial charge in [0.1, 0.15) is 11.6 Å². The Labute approximate surface area is 157 Å². The Balaban J connectivity index is 1.73. The quantitative estimate of drug-likeness (QED) is 0.789. The van der Waals surface area contributed by atoms with E-state index in [9.17, 15) is 23.2 Å². The maximum atomic E-state index is 13.5. The molecule has 0 aromatic heterocycles.